The van der Waals surface area contributed by atoms with Gasteiger partial charge < -0.3 is 4.74 Å². The molecule has 16 heavy (non-hydrogen) atoms. The van der Waals surface area contributed by atoms with E-state index in [0.717, 1.165) is 6.07 Å². The molecule has 0 aliphatic carbocycles. The molecule has 0 fully saturated rings. The van der Waals surface area contributed by atoms with E-state index in [1.807, 2.05) is 6.92 Å². The highest BCUT2D eigenvalue weighted by atomic mass is 35.5. The van der Waals surface area contributed by atoms with Crippen LogP contribution in [0.15, 0.2) is 18.2 Å². The molecular weight excluding hydrogens is 234 g/mol. The standard InChI is InChI=1S/C10H10ClNO4/c1-2-5-16-10(13)8-4-3-7(12(14)15)6-9(8)11/h3-4,6H,2,5H2,1H3. The number of ether oxygens (including phenoxy) is 1. The number of hydrogen-bond donors (Lipinski definition) is 0. The highest BCUT2D eigenvalue weighted by Gasteiger charge is 2.15. The van der Waals surface area contributed by atoms with Crippen molar-refractivity contribution in [2.75, 3.05) is 6.61 Å². The predicted molar refractivity (Wildman–Crippen MR) is 58.7 cm³/mol. The molecule has 1 aromatic rings. The lowest BCUT2D eigenvalue weighted by Crippen LogP contribution is -2.06. The van der Waals surface area contributed by atoms with Crippen LogP contribution in [0.25, 0.3) is 0 Å². The van der Waals surface area contributed by atoms with E-state index in [0.29, 0.717) is 13.0 Å². The fourth-order valence-electron chi connectivity index (χ4n) is 1.06. The zero-order valence-electron chi connectivity index (χ0n) is 8.60. The Kier molecular flexibility index (Phi) is 4.25. The summed E-state index contributed by atoms with van der Waals surface area (Å²) in [6, 6.07) is 3.64. The molecule has 6 heteroatoms. The summed E-state index contributed by atoms with van der Waals surface area (Å²) >= 11 is 5.74. The van der Waals surface area contributed by atoms with Crippen LogP contribution in [-0.2, 0) is 4.74 Å². The summed E-state index contributed by atoms with van der Waals surface area (Å²) in [7, 11) is 0. The molecule has 0 aromatic heterocycles. The van der Waals surface area contributed by atoms with Gasteiger partial charge >= 0.3 is 5.97 Å². The van der Waals surface area contributed by atoms with Crippen LogP contribution in [0.3, 0.4) is 0 Å². The Bertz CT molecular complexity index is 419. The van der Waals surface area contributed by atoms with Crippen LogP contribution in [0, 0.1) is 10.1 Å². The number of nitro benzene ring substituents is 1. The molecule has 0 aliphatic rings. The number of esters is 1. The van der Waals surface area contributed by atoms with Crippen LogP contribution in [-0.4, -0.2) is 17.5 Å². The molecule has 1 rings (SSSR count). The molecule has 0 spiro atoms. The summed E-state index contributed by atoms with van der Waals surface area (Å²) in [5.41, 5.74) is -0.0160. The minimum absolute atomic E-state index is 0.0234. The van der Waals surface area contributed by atoms with Gasteiger partial charge in [0.2, 0.25) is 0 Å². The van der Waals surface area contributed by atoms with Crippen LogP contribution < -0.4 is 0 Å². The first kappa shape index (κ1) is 12.4. The average molecular weight is 244 g/mol. The van der Waals surface area contributed by atoms with Gasteiger partial charge in [0.1, 0.15) is 0 Å². The Labute approximate surface area is 97.1 Å². The van der Waals surface area contributed by atoms with Crippen molar-refractivity contribution in [1.29, 1.82) is 0 Å². The summed E-state index contributed by atoms with van der Waals surface area (Å²) in [6.45, 7) is 2.16. The lowest BCUT2D eigenvalue weighted by molar-refractivity contribution is -0.384. The molecule has 0 aliphatic heterocycles. The highest BCUT2D eigenvalue weighted by molar-refractivity contribution is 6.33. The fraction of sp³-hybridized carbons (Fsp3) is 0.300. The maximum absolute atomic E-state index is 11.4. The average Bonchev–Trinajstić information content (AvgIpc) is 2.25. The number of nitro groups is 1. The molecule has 0 bridgehead atoms. The lowest BCUT2D eigenvalue weighted by atomic mass is 10.2. The Morgan fingerprint density at radius 1 is 1.56 bits per heavy atom. The van der Waals surface area contributed by atoms with E-state index in [-0.39, 0.29) is 16.3 Å². The van der Waals surface area contributed by atoms with Gasteiger partial charge in [-0.1, -0.05) is 18.5 Å². The number of hydrogen-bond acceptors (Lipinski definition) is 4. The monoisotopic (exact) mass is 243 g/mol. The van der Waals surface area contributed by atoms with Crippen LogP contribution in [0.4, 0.5) is 5.69 Å². The molecule has 1 aromatic carbocycles. The summed E-state index contributed by atoms with van der Waals surface area (Å²) in [6.07, 6.45) is 0.705. The third-order valence-corrected chi connectivity index (χ3v) is 2.13. The van der Waals surface area contributed by atoms with Crippen molar-refractivity contribution in [3.05, 3.63) is 38.9 Å². The fourth-order valence-corrected chi connectivity index (χ4v) is 1.31. The number of halogens is 1. The van der Waals surface area contributed by atoms with Gasteiger partial charge in [-0.25, -0.2) is 4.79 Å². The third kappa shape index (κ3) is 2.93. The zero-order valence-corrected chi connectivity index (χ0v) is 9.36. The number of carbonyl (C=O) groups is 1. The number of benzene rings is 1. The predicted octanol–water partition coefficient (Wildman–Crippen LogP) is 2.82. The minimum Gasteiger partial charge on any atom is -0.462 e. The molecule has 0 saturated carbocycles. The summed E-state index contributed by atoms with van der Waals surface area (Å²) in [4.78, 5) is 21.3. The van der Waals surface area contributed by atoms with Crippen molar-refractivity contribution in [2.45, 2.75) is 13.3 Å². The number of non-ortho nitro benzene ring substituents is 1. The van der Waals surface area contributed by atoms with Crippen LogP contribution in [0.1, 0.15) is 23.7 Å². The van der Waals surface area contributed by atoms with Crippen LogP contribution in [0.5, 0.6) is 0 Å². The van der Waals surface area contributed by atoms with Crippen LogP contribution >= 0.6 is 11.6 Å². The largest absolute Gasteiger partial charge is 0.462 e. The molecule has 0 amide bonds. The van der Waals surface area contributed by atoms with Gasteiger partial charge in [-0.3, -0.25) is 10.1 Å². The Hall–Kier alpha value is -1.62. The number of nitrogens with zero attached hydrogens (tertiary/aromatic N) is 1. The van der Waals surface area contributed by atoms with Crippen molar-refractivity contribution >= 4 is 23.3 Å². The Morgan fingerprint density at radius 3 is 2.75 bits per heavy atom. The molecule has 0 atom stereocenters. The second-order valence-corrected chi connectivity index (χ2v) is 3.46. The van der Waals surface area contributed by atoms with Gasteiger partial charge in [-0.05, 0) is 12.5 Å². The van der Waals surface area contributed by atoms with E-state index in [1.165, 1.54) is 12.1 Å². The van der Waals surface area contributed by atoms with E-state index in [1.54, 1.807) is 0 Å². The Morgan fingerprint density at radius 2 is 2.25 bits per heavy atom. The second-order valence-electron chi connectivity index (χ2n) is 3.06. The summed E-state index contributed by atoms with van der Waals surface area (Å²) < 4.78 is 4.87. The molecule has 0 saturated heterocycles. The minimum atomic E-state index is -0.576. The van der Waals surface area contributed by atoms with E-state index < -0.39 is 10.9 Å². The normalized spacial score (nSPS) is 9.88. The van der Waals surface area contributed by atoms with Crippen LogP contribution in [0.2, 0.25) is 5.02 Å². The van der Waals surface area contributed by atoms with Crippen molar-refractivity contribution in [3.63, 3.8) is 0 Å². The quantitative estimate of drug-likeness (QED) is 0.463. The van der Waals surface area contributed by atoms with Crippen molar-refractivity contribution in [1.82, 2.24) is 0 Å². The first-order chi connectivity index (χ1) is 7.56. The van der Waals surface area contributed by atoms with Gasteiger partial charge in [-0.2, -0.15) is 0 Å². The topological polar surface area (TPSA) is 69.4 Å². The van der Waals surface area contributed by atoms with E-state index in [9.17, 15) is 14.9 Å². The molecular formula is C10H10ClNO4. The molecule has 0 radical (unpaired) electrons. The lowest BCUT2D eigenvalue weighted by Gasteiger charge is -2.04. The molecule has 0 heterocycles. The molecule has 0 unspecified atom stereocenters. The highest BCUT2D eigenvalue weighted by Crippen LogP contribution is 2.23. The smallest absolute Gasteiger partial charge is 0.339 e. The molecule has 0 N–H and O–H groups in total. The Balaban J connectivity index is 2.90. The zero-order chi connectivity index (χ0) is 12.1. The summed E-state index contributed by atoms with van der Waals surface area (Å²) in [5, 5.41) is 10.5. The maximum atomic E-state index is 11.4. The maximum Gasteiger partial charge on any atom is 0.339 e. The van der Waals surface area contributed by atoms with Crippen molar-refractivity contribution in [2.24, 2.45) is 0 Å². The van der Waals surface area contributed by atoms with E-state index in [2.05, 4.69) is 0 Å². The van der Waals surface area contributed by atoms with E-state index >= 15 is 0 Å². The van der Waals surface area contributed by atoms with Gasteiger partial charge in [-0.15, -0.1) is 0 Å². The SMILES string of the molecule is CCCOC(=O)c1ccc([N+](=O)[O-])cc1Cl. The first-order valence-electron chi connectivity index (χ1n) is 4.67. The molecule has 5 nitrogen and oxygen atoms in total. The second kappa shape index (κ2) is 5.46. The third-order valence-electron chi connectivity index (χ3n) is 1.82. The van der Waals surface area contributed by atoms with Crippen molar-refractivity contribution < 1.29 is 14.5 Å². The number of carbonyl (C=O) groups excluding carboxylic acids is 1. The van der Waals surface area contributed by atoms with E-state index in [4.69, 9.17) is 16.3 Å². The van der Waals surface area contributed by atoms with Gasteiger partial charge in [0.25, 0.3) is 5.69 Å². The van der Waals surface area contributed by atoms with Crippen molar-refractivity contribution in [3.8, 4) is 0 Å². The number of rotatable bonds is 4. The van der Waals surface area contributed by atoms with Gasteiger partial charge in [0.05, 0.1) is 22.1 Å². The first-order valence-corrected chi connectivity index (χ1v) is 5.05. The van der Waals surface area contributed by atoms with Gasteiger partial charge in [0, 0.05) is 12.1 Å². The summed E-state index contributed by atoms with van der Waals surface area (Å²) in [5.74, 6) is -0.568. The molecule has 86 valence electrons. The van der Waals surface area contributed by atoms with Gasteiger partial charge in [0.15, 0.2) is 0 Å².